The van der Waals surface area contributed by atoms with Crippen LogP contribution in [-0.2, 0) is 0 Å². The molecule has 118 valence electrons. The van der Waals surface area contributed by atoms with E-state index < -0.39 is 5.63 Å². The molecule has 0 spiro atoms. The molecule has 0 amide bonds. The van der Waals surface area contributed by atoms with Crippen LogP contribution in [0.15, 0.2) is 39.5 Å². The standard InChI is InChI=1S/C16H9ClO4.C2H6/c17-15-9(2-1-7-18)3-5-12-14(15)11-6-4-10(19)8-13(11)21-16(12)20;1-2/h3-6,8,18-19H,7H2;1-2H3. The molecular formula is C18H15ClO4. The van der Waals surface area contributed by atoms with Gasteiger partial charge in [-0.25, -0.2) is 4.79 Å². The number of aromatic hydroxyl groups is 1. The topological polar surface area (TPSA) is 70.7 Å². The highest BCUT2D eigenvalue weighted by atomic mass is 35.5. The smallest absolute Gasteiger partial charge is 0.344 e. The molecule has 0 aliphatic carbocycles. The summed E-state index contributed by atoms with van der Waals surface area (Å²) in [6.07, 6.45) is 0. The van der Waals surface area contributed by atoms with Gasteiger partial charge in [-0.1, -0.05) is 37.3 Å². The third kappa shape index (κ3) is 3.16. The number of hydrogen-bond acceptors (Lipinski definition) is 4. The molecule has 3 rings (SSSR count). The van der Waals surface area contributed by atoms with Gasteiger partial charge in [-0.3, -0.25) is 0 Å². The zero-order chi connectivity index (χ0) is 17.0. The van der Waals surface area contributed by atoms with E-state index in [4.69, 9.17) is 21.1 Å². The van der Waals surface area contributed by atoms with E-state index in [1.165, 1.54) is 12.1 Å². The average molecular weight is 331 g/mol. The molecule has 1 heterocycles. The fourth-order valence-corrected chi connectivity index (χ4v) is 2.51. The molecule has 0 radical (unpaired) electrons. The van der Waals surface area contributed by atoms with Crippen LogP contribution in [0.4, 0.5) is 0 Å². The molecular weight excluding hydrogens is 316 g/mol. The van der Waals surface area contributed by atoms with E-state index in [1.807, 2.05) is 13.8 Å². The Morgan fingerprint density at radius 2 is 1.87 bits per heavy atom. The lowest BCUT2D eigenvalue weighted by Crippen LogP contribution is -2.00. The number of rotatable bonds is 0. The van der Waals surface area contributed by atoms with Gasteiger partial charge in [0.05, 0.1) is 10.4 Å². The van der Waals surface area contributed by atoms with E-state index in [0.29, 0.717) is 26.7 Å². The summed E-state index contributed by atoms with van der Waals surface area (Å²) >= 11 is 6.34. The molecule has 2 N–H and O–H groups in total. The van der Waals surface area contributed by atoms with Crippen LogP contribution in [0.5, 0.6) is 5.75 Å². The number of aliphatic hydroxyl groups excluding tert-OH is 1. The van der Waals surface area contributed by atoms with E-state index >= 15 is 0 Å². The Morgan fingerprint density at radius 3 is 2.57 bits per heavy atom. The molecule has 3 aromatic rings. The zero-order valence-electron chi connectivity index (χ0n) is 12.7. The summed E-state index contributed by atoms with van der Waals surface area (Å²) in [6.45, 7) is 3.72. The van der Waals surface area contributed by atoms with Crippen LogP contribution in [0.2, 0.25) is 5.02 Å². The van der Waals surface area contributed by atoms with Crippen LogP contribution in [0, 0.1) is 11.8 Å². The van der Waals surface area contributed by atoms with E-state index in [2.05, 4.69) is 11.8 Å². The lowest BCUT2D eigenvalue weighted by Gasteiger charge is -2.06. The molecule has 0 saturated heterocycles. The van der Waals surface area contributed by atoms with Crippen molar-refractivity contribution >= 4 is 33.3 Å². The van der Waals surface area contributed by atoms with Gasteiger partial charge in [0, 0.05) is 22.4 Å². The van der Waals surface area contributed by atoms with E-state index in [0.717, 1.165) is 0 Å². The monoisotopic (exact) mass is 330 g/mol. The Bertz CT molecular complexity index is 977. The number of benzene rings is 2. The second-order valence-electron chi connectivity index (χ2n) is 4.38. The molecule has 4 nitrogen and oxygen atoms in total. The van der Waals surface area contributed by atoms with Crippen LogP contribution in [-0.4, -0.2) is 16.8 Å². The Hall–Kier alpha value is -2.48. The molecule has 0 atom stereocenters. The van der Waals surface area contributed by atoms with Gasteiger partial charge in [0.2, 0.25) is 0 Å². The predicted octanol–water partition coefficient (Wildman–Crippen LogP) is 3.68. The minimum absolute atomic E-state index is 0.00245. The van der Waals surface area contributed by atoms with Gasteiger partial charge in [-0.2, -0.15) is 0 Å². The lowest BCUT2D eigenvalue weighted by atomic mass is 10.0. The van der Waals surface area contributed by atoms with Crippen molar-refractivity contribution in [3.63, 3.8) is 0 Å². The summed E-state index contributed by atoms with van der Waals surface area (Å²) in [4.78, 5) is 12.0. The number of hydrogen-bond donors (Lipinski definition) is 2. The third-order valence-electron chi connectivity index (χ3n) is 3.10. The molecule has 0 unspecified atom stereocenters. The first kappa shape index (κ1) is 16.9. The number of phenolic OH excluding ortho intramolecular Hbond substituents is 1. The van der Waals surface area contributed by atoms with Crippen molar-refractivity contribution in [2.45, 2.75) is 13.8 Å². The average Bonchev–Trinajstić information content (AvgIpc) is 2.56. The van der Waals surface area contributed by atoms with Crippen LogP contribution in [0.3, 0.4) is 0 Å². The number of phenols is 1. The number of fused-ring (bicyclic) bond motifs is 3. The van der Waals surface area contributed by atoms with Crippen LogP contribution in [0.1, 0.15) is 19.4 Å². The van der Waals surface area contributed by atoms with E-state index in [-0.39, 0.29) is 17.9 Å². The highest BCUT2D eigenvalue weighted by Crippen LogP contribution is 2.32. The Morgan fingerprint density at radius 1 is 1.17 bits per heavy atom. The molecule has 2 aromatic carbocycles. The van der Waals surface area contributed by atoms with E-state index in [1.54, 1.807) is 18.2 Å². The quantitative estimate of drug-likeness (QED) is 0.375. The highest BCUT2D eigenvalue weighted by Gasteiger charge is 2.13. The molecule has 0 fully saturated rings. The van der Waals surface area contributed by atoms with Crippen molar-refractivity contribution < 1.29 is 14.6 Å². The fraction of sp³-hybridized carbons (Fsp3) is 0.167. The molecule has 0 saturated carbocycles. The summed E-state index contributed by atoms with van der Waals surface area (Å²) in [7, 11) is 0. The predicted molar refractivity (Wildman–Crippen MR) is 92.0 cm³/mol. The first-order chi connectivity index (χ1) is 11.1. The maximum Gasteiger partial charge on any atom is 0.344 e. The molecule has 1 aromatic heterocycles. The van der Waals surface area contributed by atoms with Gasteiger partial charge in [0.25, 0.3) is 0 Å². The highest BCUT2D eigenvalue weighted by molar-refractivity contribution is 6.38. The van der Waals surface area contributed by atoms with Crippen molar-refractivity contribution in [2.75, 3.05) is 6.61 Å². The van der Waals surface area contributed by atoms with Gasteiger partial charge in [0.15, 0.2) is 0 Å². The lowest BCUT2D eigenvalue weighted by molar-refractivity contribution is 0.350. The number of halogens is 1. The van der Waals surface area contributed by atoms with E-state index in [9.17, 15) is 9.90 Å². The Labute approximate surface area is 137 Å². The number of aliphatic hydroxyl groups is 1. The first-order valence-corrected chi connectivity index (χ1v) is 7.47. The molecule has 0 aliphatic rings. The first-order valence-electron chi connectivity index (χ1n) is 7.09. The van der Waals surface area contributed by atoms with Crippen molar-refractivity contribution in [2.24, 2.45) is 0 Å². The summed E-state index contributed by atoms with van der Waals surface area (Å²) in [5.41, 5.74) is 0.228. The second-order valence-corrected chi connectivity index (χ2v) is 4.76. The van der Waals surface area contributed by atoms with Crippen LogP contribution >= 0.6 is 11.6 Å². The SMILES string of the molecule is CC.O=c1oc2cc(O)ccc2c2c(Cl)c(C#CCO)ccc12. The normalized spacial score (nSPS) is 9.91. The van der Waals surface area contributed by atoms with Gasteiger partial charge in [-0.05, 0) is 24.3 Å². The Balaban J connectivity index is 0.000000924. The molecule has 5 heteroatoms. The Kier molecular flexibility index (Phi) is 5.28. The maximum atomic E-state index is 12.0. The van der Waals surface area contributed by atoms with Gasteiger partial charge >= 0.3 is 5.63 Å². The zero-order valence-corrected chi connectivity index (χ0v) is 13.4. The summed E-state index contributed by atoms with van der Waals surface area (Å²) < 4.78 is 5.18. The van der Waals surface area contributed by atoms with Crippen molar-refractivity contribution in [3.8, 4) is 17.6 Å². The van der Waals surface area contributed by atoms with Gasteiger partial charge in [0.1, 0.15) is 17.9 Å². The van der Waals surface area contributed by atoms with Crippen molar-refractivity contribution in [3.05, 3.63) is 51.3 Å². The molecule has 23 heavy (non-hydrogen) atoms. The fourth-order valence-electron chi connectivity index (χ4n) is 2.20. The summed E-state index contributed by atoms with van der Waals surface area (Å²) in [6, 6.07) is 7.67. The maximum absolute atomic E-state index is 12.0. The van der Waals surface area contributed by atoms with Crippen LogP contribution < -0.4 is 5.63 Å². The van der Waals surface area contributed by atoms with Gasteiger partial charge < -0.3 is 14.6 Å². The van der Waals surface area contributed by atoms with Crippen molar-refractivity contribution in [1.29, 1.82) is 0 Å². The third-order valence-corrected chi connectivity index (χ3v) is 3.49. The molecule has 0 aliphatic heterocycles. The summed E-state index contributed by atoms with van der Waals surface area (Å²) in [5.74, 6) is 5.26. The second kappa shape index (κ2) is 7.19. The molecule has 0 bridgehead atoms. The summed E-state index contributed by atoms with van der Waals surface area (Å²) in [5, 5.41) is 20.0. The minimum Gasteiger partial charge on any atom is -0.508 e. The minimum atomic E-state index is -0.535. The van der Waals surface area contributed by atoms with Crippen LogP contribution in [0.25, 0.3) is 21.7 Å². The van der Waals surface area contributed by atoms with Gasteiger partial charge in [-0.15, -0.1) is 0 Å². The largest absolute Gasteiger partial charge is 0.508 e. The van der Waals surface area contributed by atoms with Crippen molar-refractivity contribution in [1.82, 2.24) is 0 Å².